The second-order valence-electron chi connectivity index (χ2n) is 5.65. The molecule has 2 rings (SSSR count). The van der Waals surface area contributed by atoms with Crippen molar-refractivity contribution < 1.29 is 37.3 Å². The molecule has 6 nitrogen and oxygen atoms in total. The number of carbonyl (C=O) groups is 2. The minimum atomic E-state index is -4.96. The zero-order valence-electron chi connectivity index (χ0n) is 14.7. The van der Waals surface area contributed by atoms with Crippen molar-refractivity contribution in [2.75, 3.05) is 0 Å². The van der Waals surface area contributed by atoms with Gasteiger partial charge in [0.2, 0.25) is 0 Å². The Hall–Kier alpha value is -2.88. The van der Waals surface area contributed by atoms with E-state index in [1.165, 1.54) is 22.9 Å². The molecular weight excluding hydrogens is 399 g/mol. The number of pyridine rings is 1. The van der Waals surface area contributed by atoms with Crippen molar-refractivity contribution in [1.29, 1.82) is 0 Å². The number of rotatable bonds is 7. The number of aliphatic carboxylic acids is 1. The Kier molecular flexibility index (Phi) is 6.79. The Balaban J connectivity index is 2.52. The summed E-state index contributed by atoms with van der Waals surface area (Å²) in [5, 5.41) is 8.82. The third-order valence-electron chi connectivity index (χ3n) is 3.52. The van der Waals surface area contributed by atoms with E-state index in [2.05, 4.69) is 4.74 Å². The first kappa shape index (κ1) is 21.4. The summed E-state index contributed by atoms with van der Waals surface area (Å²) in [5.74, 6) is -2.00. The largest absolute Gasteiger partial charge is 0.573 e. The number of carbonyl (C=O) groups excluding carboxylic acids is 1. The Morgan fingerprint density at radius 2 is 1.96 bits per heavy atom. The third kappa shape index (κ3) is 6.08. The fraction of sp³-hybridized carbons (Fsp3) is 0.278. The summed E-state index contributed by atoms with van der Waals surface area (Å²) in [5.41, 5.74) is 0.597. The van der Waals surface area contributed by atoms with Crippen LogP contribution < -0.4 is 9.47 Å². The van der Waals surface area contributed by atoms with Crippen LogP contribution in [0.5, 0.6) is 11.5 Å². The second kappa shape index (κ2) is 8.87. The molecule has 0 atom stereocenters. The van der Waals surface area contributed by atoms with E-state index in [1.54, 1.807) is 19.1 Å². The molecule has 150 valence electrons. The van der Waals surface area contributed by atoms with Crippen molar-refractivity contribution in [2.45, 2.75) is 32.7 Å². The van der Waals surface area contributed by atoms with Crippen LogP contribution in [-0.4, -0.2) is 28.0 Å². The minimum Gasteiger partial charge on any atom is -0.481 e. The number of benzene rings is 1. The predicted octanol–water partition coefficient (Wildman–Crippen LogP) is 4.57. The van der Waals surface area contributed by atoms with E-state index in [0.717, 1.165) is 6.20 Å². The monoisotopic (exact) mass is 415 g/mol. The molecule has 0 saturated carbocycles. The van der Waals surface area contributed by atoms with E-state index in [0.29, 0.717) is 5.56 Å². The molecule has 0 fully saturated rings. The maximum atomic E-state index is 12.7. The summed E-state index contributed by atoms with van der Waals surface area (Å²) in [6.45, 7) is 1.54. The van der Waals surface area contributed by atoms with Crippen LogP contribution in [-0.2, 0) is 16.1 Å². The predicted molar refractivity (Wildman–Crippen MR) is 95.6 cm³/mol. The van der Waals surface area contributed by atoms with Gasteiger partial charge in [-0.3, -0.25) is 9.59 Å². The standard InChI is InChI=1S/C18H16F3NO5S/c1-2-16(25)26-12-5-3-4-11(8-12)13-9-22(7-6-15(23)24)10-14(17(13)28)27-18(19,20)21/h3-5,8-10H,2,6-7H2,1H3,(H,23,24). The van der Waals surface area contributed by atoms with Crippen molar-refractivity contribution in [2.24, 2.45) is 0 Å². The number of alkyl halides is 3. The van der Waals surface area contributed by atoms with Crippen LogP contribution >= 0.6 is 12.2 Å². The molecule has 0 amide bonds. The van der Waals surface area contributed by atoms with E-state index in [-0.39, 0.29) is 35.2 Å². The van der Waals surface area contributed by atoms with Gasteiger partial charge < -0.3 is 19.1 Å². The lowest BCUT2D eigenvalue weighted by atomic mass is 10.1. The lowest BCUT2D eigenvalue weighted by Crippen LogP contribution is -2.18. The topological polar surface area (TPSA) is 77.8 Å². The van der Waals surface area contributed by atoms with Crippen molar-refractivity contribution in [1.82, 2.24) is 4.57 Å². The molecule has 0 saturated heterocycles. The van der Waals surface area contributed by atoms with Crippen LogP contribution in [0.2, 0.25) is 0 Å². The number of carboxylic acids is 1. The van der Waals surface area contributed by atoms with Crippen molar-refractivity contribution in [3.63, 3.8) is 0 Å². The minimum absolute atomic E-state index is 0.0866. The van der Waals surface area contributed by atoms with Gasteiger partial charge in [0.1, 0.15) is 5.75 Å². The molecule has 0 spiro atoms. The van der Waals surface area contributed by atoms with Crippen LogP contribution in [0.15, 0.2) is 36.7 Å². The number of nitrogens with zero attached hydrogens (tertiary/aromatic N) is 1. The van der Waals surface area contributed by atoms with Gasteiger partial charge in [0, 0.05) is 30.9 Å². The molecule has 1 aromatic carbocycles. The Bertz CT molecular complexity index is 940. The van der Waals surface area contributed by atoms with E-state index >= 15 is 0 Å². The Morgan fingerprint density at radius 1 is 1.25 bits per heavy atom. The first-order chi connectivity index (χ1) is 13.1. The SMILES string of the molecule is CCC(=O)Oc1cccc(-c2cn(CCC(=O)O)cc(OC(F)(F)F)c2=S)c1. The quantitative estimate of drug-likeness (QED) is 0.405. The summed E-state index contributed by atoms with van der Waals surface area (Å²) in [4.78, 5) is 22.3. The zero-order valence-corrected chi connectivity index (χ0v) is 15.5. The third-order valence-corrected chi connectivity index (χ3v) is 3.94. The van der Waals surface area contributed by atoms with Crippen LogP contribution in [0.1, 0.15) is 19.8 Å². The van der Waals surface area contributed by atoms with Gasteiger partial charge in [0.15, 0.2) is 5.75 Å². The van der Waals surface area contributed by atoms with Gasteiger partial charge in [-0.2, -0.15) is 0 Å². The first-order valence-corrected chi connectivity index (χ1v) is 8.52. The Morgan fingerprint density at radius 3 is 2.57 bits per heavy atom. The molecule has 0 radical (unpaired) electrons. The number of ether oxygens (including phenoxy) is 2. The van der Waals surface area contributed by atoms with Crippen molar-refractivity contribution >= 4 is 24.2 Å². The summed E-state index contributed by atoms with van der Waals surface area (Å²) in [6, 6.07) is 6.11. The highest BCUT2D eigenvalue weighted by Gasteiger charge is 2.32. The van der Waals surface area contributed by atoms with E-state index < -0.39 is 24.1 Å². The molecule has 0 aliphatic carbocycles. The number of esters is 1. The molecule has 10 heteroatoms. The normalized spacial score (nSPS) is 11.1. The fourth-order valence-electron chi connectivity index (χ4n) is 2.29. The molecule has 1 aromatic heterocycles. The molecule has 0 aliphatic rings. The molecule has 1 N–H and O–H groups in total. The van der Waals surface area contributed by atoms with Gasteiger partial charge in [-0.25, -0.2) is 0 Å². The van der Waals surface area contributed by atoms with Gasteiger partial charge in [-0.15, -0.1) is 13.2 Å². The van der Waals surface area contributed by atoms with Gasteiger partial charge in [-0.05, 0) is 17.7 Å². The van der Waals surface area contributed by atoms with E-state index in [9.17, 15) is 22.8 Å². The molecule has 1 heterocycles. The fourth-order valence-corrected chi connectivity index (χ4v) is 2.56. The van der Waals surface area contributed by atoms with Gasteiger partial charge in [0.25, 0.3) is 0 Å². The molecule has 0 bridgehead atoms. The lowest BCUT2D eigenvalue weighted by molar-refractivity contribution is -0.275. The maximum Gasteiger partial charge on any atom is 0.573 e. The smallest absolute Gasteiger partial charge is 0.481 e. The van der Waals surface area contributed by atoms with Gasteiger partial charge in [-0.1, -0.05) is 31.3 Å². The van der Waals surface area contributed by atoms with Crippen LogP contribution in [0.25, 0.3) is 11.1 Å². The summed E-state index contributed by atoms with van der Waals surface area (Å²) >= 11 is 5.13. The lowest BCUT2D eigenvalue weighted by Gasteiger charge is -2.15. The first-order valence-electron chi connectivity index (χ1n) is 8.11. The average Bonchev–Trinajstić information content (AvgIpc) is 2.61. The van der Waals surface area contributed by atoms with Crippen LogP contribution in [0.4, 0.5) is 13.2 Å². The zero-order chi connectivity index (χ0) is 20.9. The number of hydrogen-bond acceptors (Lipinski definition) is 5. The highest BCUT2D eigenvalue weighted by Crippen LogP contribution is 2.32. The highest BCUT2D eigenvalue weighted by molar-refractivity contribution is 7.71. The second-order valence-corrected chi connectivity index (χ2v) is 6.06. The van der Waals surface area contributed by atoms with Gasteiger partial charge in [0.05, 0.1) is 10.9 Å². The van der Waals surface area contributed by atoms with Crippen molar-refractivity contribution in [3.05, 3.63) is 41.2 Å². The molecule has 0 aliphatic heterocycles. The summed E-state index contributed by atoms with van der Waals surface area (Å²) in [7, 11) is 0. The van der Waals surface area contributed by atoms with E-state index in [4.69, 9.17) is 22.1 Å². The summed E-state index contributed by atoms with van der Waals surface area (Å²) in [6.07, 6.45) is -2.69. The van der Waals surface area contributed by atoms with Crippen molar-refractivity contribution in [3.8, 4) is 22.6 Å². The molecule has 0 unspecified atom stereocenters. The number of halogens is 3. The highest BCUT2D eigenvalue weighted by atomic mass is 32.1. The van der Waals surface area contributed by atoms with Gasteiger partial charge >= 0.3 is 18.3 Å². The van der Waals surface area contributed by atoms with Crippen LogP contribution in [0, 0.1) is 4.51 Å². The Labute approximate surface area is 163 Å². The number of aryl methyl sites for hydroxylation is 1. The number of aromatic nitrogens is 1. The van der Waals surface area contributed by atoms with Crippen LogP contribution in [0.3, 0.4) is 0 Å². The molecular formula is C18H16F3NO5S. The molecule has 28 heavy (non-hydrogen) atoms. The maximum absolute atomic E-state index is 12.7. The number of hydrogen-bond donors (Lipinski definition) is 1. The summed E-state index contributed by atoms with van der Waals surface area (Å²) < 4.78 is 48.3. The van der Waals surface area contributed by atoms with E-state index in [1.807, 2.05) is 0 Å². The molecule has 2 aromatic rings. The average molecular weight is 415 g/mol. The number of carboxylic acid groups (broad SMARTS) is 1.